The van der Waals surface area contributed by atoms with Crippen LogP contribution in [0.1, 0.15) is 6.42 Å². The second-order valence-corrected chi connectivity index (χ2v) is 5.39. The lowest BCUT2D eigenvalue weighted by Gasteiger charge is -2.46. The van der Waals surface area contributed by atoms with Crippen molar-refractivity contribution in [1.29, 1.82) is 0 Å². The molecule has 1 heterocycles. The molecule has 0 bridgehead atoms. The van der Waals surface area contributed by atoms with Crippen molar-refractivity contribution in [3.63, 3.8) is 0 Å². The first-order chi connectivity index (χ1) is 9.08. The Morgan fingerprint density at radius 3 is 3.05 bits per heavy atom. The summed E-state index contributed by atoms with van der Waals surface area (Å²) in [6.45, 7) is 0.712. The average molecular weight is 284 g/mol. The summed E-state index contributed by atoms with van der Waals surface area (Å²) in [6.07, 6.45) is 1.03. The molecule has 2 fully saturated rings. The van der Waals surface area contributed by atoms with Crippen LogP contribution in [0.2, 0.25) is 5.02 Å². The van der Waals surface area contributed by atoms with Crippen molar-refractivity contribution in [2.75, 3.05) is 11.9 Å². The Bertz CT molecular complexity index is 525. The van der Waals surface area contributed by atoms with Crippen LogP contribution >= 0.6 is 11.6 Å². The van der Waals surface area contributed by atoms with Gasteiger partial charge in [-0.05, 0) is 18.6 Å². The molecule has 7 heteroatoms. The maximum atomic E-state index is 11.0. The molecule has 3 rings (SSSR count). The minimum Gasteiger partial charge on any atom is -0.376 e. The Labute approximate surface area is 115 Å². The summed E-state index contributed by atoms with van der Waals surface area (Å²) in [5.74, 6) is 0.365. The van der Waals surface area contributed by atoms with Crippen molar-refractivity contribution in [3.8, 4) is 0 Å². The molecule has 1 saturated carbocycles. The summed E-state index contributed by atoms with van der Waals surface area (Å²) < 4.78 is 5.59. The highest BCUT2D eigenvalue weighted by molar-refractivity contribution is 6.30. The van der Waals surface area contributed by atoms with Crippen molar-refractivity contribution < 1.29 is 9.66 Å². The first kappa shape index (κ1) is 12.7. The third-order valence-electron chi connectivity index (χ3n) is 3.93. The minimum absolute atomic E-state index is 0.0252. The van der Waals surface area contributed by atoms with E-state index in [0.717, 1.165) is 6.42 Å². The van der Waals surface area contributed by atoms with Crippen LogP contribution in [0, 0.1) is 16.0 Å². The van der Waals surface area contributed by atoms with E-state index in [1.165, 1.54) is 6.07 Å². The summed E-state index contributed by atoms with van der Waals surface area (Å²) in [6, 6.07) is 4.46. The van der Waals surface area contributed by atoms with Gasteiger partial charge in [0.25, 0.3) is 5.69 Å². The van der Waals surface area contributed by atoms with Gasteiger partial charge in [-0.15, -0.1) is 0 Å². The molecule has 6 nitrogen and oxygen atoms in total. The molecule has 1 aliphatic carbocycles. The second kappa shape index (κ2) is 4.63. The predicted octanol–water partition coefficient (Wildman–Crippen LogP) is 1.77. The van der Waals surface area contributed by atoms with Gasteiger partial charge in [-0.1, -0.05) is 11.6 Å². The summed E-state index contributed by atoms with van der Waals surface area (Å²) in [4.78, 5) is 10.6. The van der Waals surface area contributed by atoms with Crippen LogP contribution in [0.4, 0.5) is 11.4 Å². The van der Waals surface area contributed by atoms with Gasteiger partial charge in [0, 0.05) is 29.7 Å². The van der Waals surface area contributed by atoms with E-state index < -0.39 is 4.92 Å². The second-order valence-electron chi connectivity index (χ2n) is 4.95. The maximum absolute atomic E-state index is 11.0. The van der Waals surface area contributed by atoms with Crippen LogP contribution in [0.15, 0.2) is 18.2 Å². The van der Waals surface area contributed by atoms with E-state index in [0.29, 0.717) is 23.2 Å². The first-order valence-electron chi connectivity index (χ1n) is 6.15. The lowest BCUT2D eigenvalue weighted by molar-refractivity contribution is -0.384. The molecule has 19 heavy (non-hydrogen) atoms. The van der Waals surface area contributed by atoms with Gasteiger partial charge in [0.05, 0.1) is 17.1 Å². The van der Waals surface area contributed by atoms with Gasteiger partial charge >= 0.3 is 0 Å². The number of nitrogens with zero attached hydrogens (tertiary/aromatic N) is 1. The molecule has 1 aliphatic heterocycles. The number of benzene rings is 1. The van der Waals surface area contributed by atoms with Crippen molar-refractivity contribution in [1.82, 2.24) is 0 Å². The van der Waals surface area contributed by atoms with Crippen molar-refractivity contribution in [3.05, 3.63) is 33.3 Å². The number of nitro groups is 1. The molecule has 0 spiro atoms. The van der Waals surface area contributed by atoms with E-state index in [2.05, 4.69) is 5.32 Å². The molecule has 3 N–H and O–H groups in total. The molecule has 1 aromatic rings. The van der Waals surface area contributed by atoms with Crippen LogP contribution in [-0.4, -0.2) is 29.7 Å². The smallest absolute Gasteiger partial charge is 0.293 e. The number of hydrogen-bond acceptors (Lipinski definition) is 5. The number of ether oxygens (including phenoxy) is 1. The molecule has 2 aliphatic rings. The lowest BCUT2D eigenvalue weighted by atomic mass is 9.72. The van der Waals surface area contributed by atoms with E-state index in [-0.39, 0.29) is 23.9 Å². The Balaban J connectivity index is 1.82. The summed E-state index contributed by atoms with van der Waals surface area (Å²) in [7, 11) is 0. The first-order valence-corrected chi connectivity index (χ1v) is 6.53. The SMILES string of the molecule is NC1C2CCOC2C1Nc1ccc(Cl)cc1[N+](=O)[O-]. The van der Waals surface area contributed by atoms with Crippen molar-refractivity contribution in [2.45, 2.75) is 24.6 Å². The molecule has 1 saturated heterocycles. The Morgan fingerprint density at radius 2 is 2.32 bits per heavy atom. The predicted molar refractivity (Wildman–Crippen MR) is 71.3 cm³/mol. The van der Waals surface area contributed by atoms with Crippen LogP contribution < -0.4 is 11.1 Å². The molecule has 0 radical (unpaired) electrons. The minimum atomic E-state index is -0.453. The fourth-order valence-corrected chi connectivity index (χ4v) is 3.05. The van der Waals surface area contributed by atoms with Crippen molar-refractivity contribution >= 4 is 23.0 Å². The highest BCUT2D eigenvalue weighted by Crippen LogP contribution is 2.40. The molecular formula is C12H14ClN3O3. The van der Waals surface area contributed by atoms with E-state index in [4.69, 9.17) is 22.1 Å². The highest BCUT2D eigenvalue weighted by Gasteiger charge is 2.52. The zero-order valence-electron chi connectivity index (χ0n) is 10.1. The summed E-state index contributed by atoms with van der Waals surface area (Å²) >= 11 is 5.78. The molecule has 0 amide bonds. The number of halogens is 1. The summed E-state index contributed by atoms with van der Waals surface area (Å²) in [5.41, 5.74) is 6.47. The number of fused-ring (bicyclic) bond motifs is 1. The fraction of sp³-hybridized carbons (Fsp3) is 0.500. The van der Waals surface area contributed by atoms with Gasteiger partial charge in [-0.25, -0.2) is 0 Å². The quantitative estimate of drug-likeness (QED) is 0.652. The Kier molecular flexibility index (Phi) is 3.08. The third-order valence-corrected chi connectivity index (χ3v) is 4.16. The Hall–Kier alpha value is -1.37. The highest BCUT2D eigenvalue weighted by atomic mass is 35.5. The molecule has 4 atom stereocenters. The summed E-state index contributed by atoms with van der Waals surface area (Å²) in [5, 5.41) is 14.5. The van der Waals surface area contributed by atoms with E-state index in [9.17, 15) is 10.1 Å². The van der Waals surface area contributed by atoms with Crippen molar-refractivity contribution in [2.24, 2.45) is 11.7 Å². The van der Waals surface area contributed by atoms with Gasteiger partial charge in [-0.3, -0.25) is 10.1 Å². The average Bonchev–Trinajstić information content (AvgIpc) is 2.81. The number of nitrogens with two attached hydrogens (primary N) is 1. The van der Waals surface area contributed by atoms with Gasteiger partial charge < -0.3 is 15.8 Å². The molecule has 1 aromatic carbocycles. The number of anilines is 1. The zero-order chi connectivity index (χ0) is 13.6. The van der Waals surface area contributed by atoms with Crippen LogP contribution in [-0.2, 0) is 4.74 Å². The van der Waals surface area contributed by atoms with Gasteiger partial charge in [-0.2, -0.15) is 0 Å². The third kappa shape index (κ3) is 2.05. The largest absolute Gasteiger partial charge is 0.376 e. The number of nitrogens with one attached hydrogen (secondary N) is 1. The van der Waals surface area contributed by atoms with Gasteiger partial charge in [0.15, 0.2) is 0 Å². The molecule has 0 aromatic heterocycles. The topological polar surface area (TPSA) is 90.4 Å². The number of nitro benzene ring substituents is 1. The molecule has 4 unspecified atom stereocenters. The monoisotopic (exact) mass is 283 g/mol. The number of hydrogen-bond donors (Lipinski definition) is 2. The normalized spacial score (nSPS) is 32.5. The van der Waals surface area contributed by atoms with Gasteiger partial charge in [0.2, 0.25) is 0 Å². The lowest BCUT2D eigenvalue weighted by Crippen LogP contribution is -2.65. The van der Waals surface area contributed by atoms with E-state index >= 15 is 0 Å². The van der Waals surface area contributed by atoms with Crippen LogP contribution in [0.3, 0.4) is 0 Å². The standard InChI is InChI=1S/C12H14ClN3O3/c13-6-1-2-8(9(5-6)16(17)18)15-11-10(14)7-3-4-19-12(7)11/h1-2,5,7,10-12,15H,3-4,14H2. The molecule has 102 valence electrons. The zero-order valence-corrected chi connectivity index (χ0v) is 10.8. The van der Waals surface area contributed by atoms with E-state index in [1.54, 1.807) is 12.1 Å². The van der Waals surface area contributed by atoms with Crippen LogP contribution in [0.25, 0.3) is 0 Å². The van der Waals surface area contributed by atoms with Gasteiger partial charge in [0.1, 0.15) is 5.69 Å². The number of rotatable bonds is 3. The van der Waals surface area contributed by atoms with Crippen LogP contribution in [0.5, 0.6) is 0 Å². The maximum Gasteiger partial charge on any atom is 0.293 e. The van der Waals surface area contributed by atoms with E-state index in [1.807, 2.05) is 0 Å². The molecular weight excluding hydrogens is 270 g/mol. The Morgan fingerprint density at radius 1 is 1.53 bits per heavy atom. The fourth-order valence-electron chi connectivity index (χ4n) is 2.89.